The summed E-state index contributed by atoms with van der Waals surface area (Å²) in [6.07, 6.45) is -1.03. The highest BCUT2D eigenvalue weighted by atomic mass is 32.1. The SMILES string of the molecule is C[C@H](NO[C@H](C(=O)O)c1ccccc1)c1cc2ccccc2s1. The average molecular weight is 327 g/mol. The molecule has 2 N–H and O–H groups in total. The van der Waals surface area contributed by atoms with Gasteiger partial charge in [0.2, 0.25) is 6.10 Å². The van der Waals surface area contributed by atoms with E-state index in [1.807, 2.05) is 25.1 Å². The molecule has 0 fully saturated rings. The first-order valence-corrected chi connectivity index (χ1v) is 8.14. The van der Waals surface area contributed by atoms with Gasteiger partial charge >= 0.3 is 5.97 Å². The number of benzene rings is 2. The molecule has 0 saturated carbocycles. The van der Waals surface area contributed by atoms with Gasteiger partial charge in [-0.3, -0.25) is 4.84 Å². The Morgan fingerprint density at radius 3 is 2.52 bits per heavy atom. The van der Waals surface area contributed by atoms with Gasteiger partial charge in [0.05, 0.1) is 6.04 Å². The third-order valence-corrected chi connectivity index (χ3v) is 4.86. The molecule has 5 heteroatoms. The number of carbonyl (C=O) groups is 1. The Labute approximate surface area is 138 Å². The van der Waals surface area contributed by atoms with E-state index in [1.165, 1.54) is 10.1 Å². The van der Waals surface area contributed by atoms with Crippen LogP contribution in [0.15, 0.2) is 60.7 Å². The molecular weight excluding hydrogens is 310 g/mol. The van der Waals surface area contributed by atoms with E-state index in [-0.39, 0.29) is 6.04 Å². The second-order valence-corrected chi connectivity index (χ2v) is 6.39. The fraction of sp³-hybridized carbons (Fsp3) is 0.167. The van der Waals surface area contributed by atoms with Crippen LogP contribution in [0.1, 0.15) is 29.5 Å². The standard InChI is InChI=1S/C18H17NO3S/c1-12(16-11-14-9-5-6-10-15(14)23-16)19-22-17(18(20)21)13-7-3-2-4-8-13/h2-12,17,19H,1H3,(H,20,21)/t12-,17-/m0/s1. The maximum Gasteiger partial charge on any atom is 0.339 e. The van der Waals surface area contributed by atoms with Crippen molar-refractivity contribution in [1.29, 1.82) is 0 Å². The van der Waals surface area contributed by atoms with Gasteiger partial charge in [0.25, 0.3) is 0 Å². The molecule has 1 aromatic heterocycles. The fourth-order valence-corrected chi connectivity index (χ4v) is 3.39. The molecule has 2 atom stereocenters. The summed E-state index contributed by atoms with van der Waals surface area (Å²) in [6.45, 7) is 1.95. The fourth-order valence-electron chi connectivity index (χ4n) is 2.33. The lowest BCUT2D eigenvalue weighted by molar-refractivity contribution is -0.158. The molecule has 0 aliphatic heterocycles. The van der Waals surface area contributed by atoms with E-state index in [1.54, 1.807) is 35.6 Å². The zero-order valence-corrected chi connectivity index (χ0v) is 13.4. The van der Waals surface area contributed by atoms with Crippen molar-refractivity contribution in [3.8, 4) is 0 Å². The Kier molecular flexibility index (Phi) is 4.71. The first kappa shape index (κ1) is 15.7. The van der Waals surface area contributed by atoms with Crippen molar-refractivity contribution >= 4 is 27.4 Å². The van der Waals surface area contributed by atoms with Crippen LogP contribution in [0.3, 0.4) is 0 Å². The van der Waals surface area contributed by atoms with E-state index in [0.29, 0.717) is 5.56 Å². The van der Waals surface area contributed by atoms with Crippen molar-refractivity contribution in [3.63, 3.8) is 0 Å². The largest absolute Gasteiger partial charge is 0.479 e. The highest BCUT2D eigenvalue weighted by molar-refractivity contribution is 7.19. The summed E-state index contributed by atoms with van der Waals surface area (Å²) in [5.74, 6) is -1.02. The molecular formula is C18H17NO3S. The van der Waals surface area contributed by atoms with Crippen molar-refractivity contribution in [3.05, 3.63) is 71.1 Å². The lowest BCUT2D eigenvalue weighted by Crippen LogP contribution is -2.26. The number of carboxylic acids is 1. The van der Waals surface area contributed by atoms with Crippen LogP contribution in [0, 0.1) is 0 Å². The Bertz CT molecular complexity index is 767. The normalized spacial score (nSPS) is 13.8. The number of hydrogen-bond donors (Lipinski definition) is 2. The van der Waals surface area contributed by atoms with Crippen molar-refractivity contribution < 1.29 is 14.7 Å². The van der Waals surface area contributed by atoms with Crippen LogP contribution in [0.4, 0.5) is 0 Å². The second kappa shape index (κ2) is 6.91. The van der Waals surface area contributed by atoms with Gasteiger partial charge in [-0.05, 0) is 30.0 Å². The van der Waals surface area contributed by atoms with Crippen LogP contribution in [0.25, 0.3) is 10.1 Å². The van der Waals surface area contributed by atoms with E-state index in [0.717, 1.165) is 4.88 Å². The van der Waals surface area contributed by atoms with Crippen molar-refractivity contribution in [2.24, 2.45) is 0 Å². The molecule has 0 unspecified atom stereocenters. The van der Waals surface area contributed by atoms with Gasteiger partial charge in [0, 0.05) is 9.58 Å². The predicted octanol–water partition coefficient (Wildman–Crippen LogP) is 4.31. The van der Waals surface area contributed by atoms with Crippen LogP contribution in [-0.4, -0.2) is 11.1 Å². The molecule has 4 nitrogen and oxygen atoms in total. The number of carboxylic acid groups (broad SMARTS) is 1. The molecule has 0 aliphatic rings. The molecule has 2 aromatic carbocycles. The number of hydrogen-bond acceptors (Lipinski definition) is 4. The van der Waals surface area contributed by atoms with Gasteiger partial charge in [0.15, 0.2) is 0 Å². The quantitative estimate of drug-likeness (QED) is 0.662. The third kappa shape index (κ3) is 3.59. The molecule has 0 aliphatic carbocycles. The molecule has 0 spiro atoms. The van der Waals surface area contributed by atoms with Gasteiger partial charge in [-0.25, -0.2) is 4.79 Å². The first-order valence-electron chi connectivity index (χ1n) is 7.32. The Balaban J connectivity index is 1.71. The second-order valence-electron chi connectivity index (χ2n) is 5.27. The van der Waals surface area contributed by atoms with Gasteiger partial charge < -0.3 is 5.11 Å². The highest BCUT2D eigenvalue weighted by Crippen LogP contribution is 2.30. The number of thiophene rings is 1. The Hall–Kier alpha value is -2.21. The van der Waals surface area contributed by atoms with Crippen LogP contribution in [0.2, 0.25) is 0 Å². The van der Waals surface area contributed by atoms with Crippen molar-refractivity contribution in [1.82, 2.24) is 5.48 Å². The monoisotopic (exact) mass is 327 g/mol. The molecule has 3 aromatic rings. The minimum absolute atomic E-state index is 0.0991. The van der Waals surface area contributed by atoms with Crippen molar-refractivity contribution in [2.75, 3.05) is 0 Å². The van der Waals surface area contributed by atoms with Gasteiger partial charge in [-0.1, -0.05) is 48.5 Å². The van der Waals surface area contributed by atoms with Crippen LogP contribution in [0.5, 0.6) is 0 Å². The predicted molar refractivity (Wildman–Crippen MR) is 91.3 cm³/mol. The average Bonchev–Trinajstić information content (AvgIpc) is 2.99. The molecule has 0 bridgehead atoms. The summed E-state index contributed by atoms with van der Waals surface area (Å²) in [6, 6.07) is 19.1. The smallest absolute Gasteiger partial charge is 0.339 e. The molecule has 3 rings (SSSR count). The maximum atomic E-state index is 11.4. The van der Waals surface area contributed by atoms with E-state index in [4.69, 9.17) is 4.84 Å². The lowest BCUT2D eigenvalue weighted by Gasteiger charge is -2.17. The summed E-state index contributed by atoms with van der Waals surface area (Å²) in [5, 5.41) is 10.5. The van der Waals surface area contributed by atoms with E-state index in [9.17, 15) is 9.90 Å². The number of rotatable bonds is 6. The minimum atomic E-state index is -1.03. The molecule has 1 heterocycles. The Morgan fingerprint density at radius 1 is 1.13 bits per heavy atom. The highest BCUT2D eigenvalue weighted by Gasteiger charge is 2.22. The molecule has 118 valence electrons. The van der Waals surface area contributed by atoms with Crippen LogP contribution < -0.4 is 5.48 Å². The maximum absolute atomic E-state index is 11.4. The number of fused-ring (bicyclic) bond motifs is 1. The van der Waals surface area contributed by atoms with Crippen LogP contribution in [-0.2, 0) is 9.63 Å². The Morgan fingerprint density at radius 2 is 1.83 bits per heavy atom. The molecule has 0 radical (unpaired) electrons. The lowest BCUT2D eigenvalue weighted by atomic mass is 10.1. The number of aliphatic carboxylic acids is 1. The van der Waals surface area contributed by atoms with E-state index < -0.39 is 12.1 Å². The summed E-state index contributed by atoms with van der Waals surface area (Å²) in [7, 11) is 0. The van der Waals surface area contributed by atoms with Gasteiger partial charge in [0.1, 0.15) is 0 Å². The van der Waals surface area contributed by atoms with Crippen LogP contribution >= 0.6 is 11.3 Å². The summed E-state index contributed by atoms with van der Waals surface area (Å²) < 4.78 is 1.20. The zero-order valence-electron chi connectivity index (χ0n) is 12.6. The summed E-state index contributed by atoms with van der Waals surface area (Å²) >= 11 is 1.67. The third-order valence-electron chi connectivity index (χ3n) is 3.56. The van der Waals surface area contributed by atoms with E-state index in [2.05, 4.69) is 23.7 Å². The zero-order chi connectivity index (χ0) is 16.2. The molecule has 0 saturated heterocycles. The topological polar surface area (TPSA) is 58.6 Å². The molecule has 0 amide bonds. The number of nitrogens with one attached hydrogen (secondary N) is 1. The minimum Gasteiger partial charge on any atom is -0.479 e. The summed E-state index contributed by atoms with van der Waals surface area (Å²) in [5.41, 5.74) is 3.48. The van der Waals surface area contributed by atoms with Gasteiger partial charge in [-0.2, -0.15) is 5.48 Å². The first-order chi connectivity index (χ1) is 11.1. The summed E-state index contributed by atoms with van der Waals surface area (Å²) in [4.78, 5) is 18.0. The van der Waals surface area contributed by atoms with E-state index >= 15 is 0 Å². The molecule has 23 heavy (non-hydrogen) atoms. The van der Waals surface area contributed by atoms with Crippen molar-refractivity contribution in [2.45, 2.75) is 19.1 Å². The van der Waals surface area contributed by atoms with Gasteiger partial charge in [-0.15, -0.1) is 11.3 Å². The number of hydroxylamine groups is 1.